The number of ether oxygens (including phenoxy) is 1. The number of aliphatic hydroxyl groups excluding tert-OH is 1. The number of amides is 1. The van der Waals surface area contributed by atoms with Crippen molar-refractivity contribution in [1.82, 2.24) is 0 Å². The molecule has 1 aromatic rings. The van der Waals surface area contributed by atoms with E-state index in [1.165, 1.54) is 18.2 Å². The average Bonchev–Trinajstić information content (AvgIpc) is 2.29. The predicted octanol–water partition coefficient (Wildman–Crippen LogP) is 2.69. The number of anilines is 1. The van der Waals surface area contributed by atoms with E-state index in [0.717, 1.165) is 0 Å². The minimum atomic E-state index is -1.10. The Kier molecular flexibility index (Phi) is 4.94. The quantitative estimate of drug-likeness (QED) is 0.738. The zero-order chi connectivity index (χ0) is 15.3. The molecule has 1 aromatic carbocycles. The molecule has 0 heterocycles. The summed E-state index contributed by atoms with van der Waals surface area (Å²) in [4.78, 5) is 11.7. The van der Waals surface area contributed by atoms with Crippen molar-refractivity contribution in [3.05, 3.63) is 23.8 Å². The molecule has 0 saturated carbocycles. The number of phenols is 1. The van der Waals surface area contributed by atoms with E-state index in [-0.39, 0.29) is 17.7 Å². The standard InChI is InChI=1S/C14H18N2O4/c1-14(2,3)20-13(19)16-11-5-4-9(17)8-10(11)12(18)6-7-15/h4-5,8,12,17-18H,6H2,1-3H3,(H,16,19). The smallest absolute Gasteiger partial charge is 0.412 e. The molecular weight excluding hydrogens is 260 g/mol. The molecule has 0 aliphatic heterocycles. The molecule has 6 nitrogen and oxygen atoms in total. The fraction of sp³-hybridized carbons (Fsp3) is 0.429. The number of benzene rings is 1. The Morgan fingerprint density at radius 1 is 1.50 bits per heavy atom. The lowest BCUT2D eigenvalue weighted by atomic mass is 10.0. The van der Waals surface area contributed by atoms with Gasteiger partial charge < -0.3 is 14.9 Å². The summed E-state index contributed by atoms with van der Waals surface area (Å²) in [5, 5.41) is 30.4. The van der Waals surface area contributed by atoms with Gasteiger partial charge in [-0.05, 0) is 39.0 Å². The lowest BCUT2D eigenvalue weighted by Crippen LogP contribution is -2.27. The first kappa shape index (κ1) is 15.8. The summed E-state index contributed by atoms with van der Waals surface area (Å²) in [7, 11) is 0. The number of nitrogens with zero attached hydrogens (tertiary/aromatic N) is 1. The lowest BCUT2D eigenvalue weighted by molar-refractivity contribution is 0.0635. The number of aromatic hydroxyl groups is 1. The summed E-state index contributed by atoms with van der Waals surface area (Å²) in [5.74, 6) is -0.0632. The second kappa shape index (κ2) is 6.26. The minimum absolute atomic E-state index is 0.0632. The molecule has 0 aromatic heterocycles. The molecule has 0 aliphatic carbocycles. The van der Waals surface area contributed by atoms with Crippen LogP contribution in [0.2, 0.25) is 0 Å². The van der Waals surface area contributed by atoms with Crippen LogP contribution in [0.25, 0.3) is 0 Å². The zero-order valence-corrected chi connectivity index (χ0v) is 11.7. The molecule has 0 saturated heterocycles. The summed E-state index contributed by atoms with van der Waals surface area (Å²) in [5.41, 5.74) is -0.0934. The van der Waals surface area contributed by atoms with Gasteiger partial charge >= 0.3 is 6.09 Å². The van der Waals surface area contributed by atoms with E-state index in [9.17, 15) is 15.0 Å². The Morgan fingerprint density at radius 3 is 2.70 bits per heavy atom. The van der Waals surface area contributed by atoms with Crippen LogP contribution in [0.15, 0.2) is 18.2 Å². The van der Waals surface area contributed by atoms with E-state index in [1.807, 2.05) is 6.07 Å². The number of nitrogens with one attached hydrogen (secondary N) is 1. The third-order valence-corrected chi connectivity index (χ3v) is 2.31. The van der Waals surface area contributed by atoms with Gasteiger partial charge in [-0.15, -0.1) is 0 Å². The van der Waals surface area contributed by atoms with Gasteiger partial charge in [0.2, 0.25) is 0 Å². The van der Waals surface area contributed by atoms with Gasteiger partial charge in [0.05, 0.1) is 24.3 Å². The Hall–Kier alpha value is -2.26. The third-order valence-electron chi connectivity index (χ3n) is 2.31. The number of nitriles is 1. The van der Waals surface area contributed by atoms with Crippen LogP contribution >= 0.6 is 0 Å². The Labute approximate surface area is 117 Å². The van der Waals surface area contributed by atoms with Gasteiger partial charge in [0.1, 0.15) is 11.4 Å². The number of phenolic OH excluding ortho intramolecular Hbond substituents is 1. The van der Waals surface area contributed by atoms with Gasteiger partial charge in [-0.1, -0.05) is 0 Å². The molecule has 0 aliphatic rings. The summed E-state index contributed by atoms with van der Waals surface area (Å²) >= 11 is 0. The maximum absolute atomic E-state index is 11.7. The molecule has 1 atom stereocenters. The molecule has 20 heavy (non-hydrogen) atoms. The van der Waals surface area contributed by atoms with Gasteiger partial charge in [-0.25, -0.2) is 4.79 Å². The van der Waals surface area contributed by atoms with Gasteiger partial charge in [0, 0.05) is 5.56 Å². The van der Waals surface area contributed by atoms with Crippen molar-refractivity contribution in [3.8, 4) is 11.8 Å². The lowest BCUT2D eigenvalue weighted by Gasteiger charge is -2.21. The molecule has 1 amide bonds. The summed E-state index contributed by atoms with van der Waals surface area (Å²) in [6.07, 6.45) is -1.92. The highest BCUT2D eigenvalue weighted by Gasteiger charge is 2.19. The van der Waals surface area contributed by atoms with E-state index in [1.54, 1.807) is 20.8 Å². The van der Waals surface area contributed by atoms with Crippen molar-refractivity contribution in [1.29, 1.82) is 5.26 Å². The summed E-state index contributed by atoms with van der Waals surface area (Å²) in [6, 6.07) is 5.94. The number of hydrogen-bond donors (Lipinski definition) is 3. The molecule has 0 fully saturated rings. The second-order valence-electron chi connectivity index (χ2n) is 5.28. The van der Waals surface area contributed by atoms with Gasteiger partial charge in [-0.3, -0.25) is 5.32 Å². The molecule has 6 heteroatoms. The molecule has 3 N–H and O–H groups in total. The highest BCUT2D eigenvalue weighted by molar-refractivity contribution is 5.86. The second-order valence-corrected chi connectivity index (χ2v) is 5.28. The monoisotopic (exact) mass is 278 g/mol. The van der Waals surface area contributed by atoms with Crippen molar-refractivity contribution in [2.75, 3.05) is 5.32 Å². The molecule has 1 unspecified atom stereocenters. The van der Waals surface area contributed by atoms with Crippen LogP contribution in [0.3, 0.4) is 0 Å². The molecule has 0 bridgehead atoms. The number of hydrogen-bond acceptors (Lipinski definition) is 5. The van der Waals surface area contributed by atoms with Gasteiger partial charge in [-0.2, -0.15) is 5.26 Å². The first-order chi connectivity index (χ1) is 9.23. The third kappa shape index (κ3) is 4.78. The Morgan fingerprint density at radius 2 is 2.15 bits per heavy atom. The fourth-order valence-corrected chi connectivity index (χ4v) is 1.55. The largest absolute Gasteiger partial charge is 0.508 e. The highest BCUT2D eigenvalue weighted by atomic mass is 16.6. The SMILES string of the molecule is CC(C)(C)OC(=O)Nc1ccc(O)cc1C(O)CC#N. The van der Waals surface area contributed by atoms with Crippen molar-refractivity contribution in [3.63, 3.8) is 0 Å². The van der Waals surface area contributed by atoms with Crippen LogP contribution in [-0.2, 0) is 4.74 Å². The molecule has 0 spiro atoms. The normalized spacial score (nSPS) is 12.3. The zero-order valence-electron chi connectivity index (χ0n) is 11.7. The topological polar surface area (TPSA) is 103 Å². The first-order valence-corrected chi connectivity index (χ1v) is 6.11. The van der Waals surface area contributed by atoms with E-state index < -0.39 is 17.8 Å². The molecule has 0 radical (unpaired) electrons. The van der Waals surface area contributed by atoms with Crippen molar-refractivity contribution in [2.24, 2.45) is 0 Å². The predicted molar refractivity (Wildman–Crippen MR) is 73.2 cm³/mol. The summed E-state index contributed by atoms with van der Waals surface area (Å²) < 4.78 is 5.11. The van der Waals surface area contributed by atoms with Crippen molar-refractivity contribution in [2.45, 2.75) is 38.9 Å². The van der Waals surface area contributed by atoms with Gasteiger partial charge in [0.25, 0.3) is 0 Å². The van der Waals surface area contributed by atoms with Crippen LogP contribution in [-0.4, -0.2) is 21.9 Å². The summed E-state index contributed by atoms with van der Waals surface area (Å²) in [6.45, 7) is 5.19. The number of carbonyl (C=O) groups excluding carboxylic acids is 1. The first-order valence-electron chi connectivity index (χ1n) is 6.11. The number of aliphatic hydroxyl groups is 1. The maximum Gasteiger partial charge on any atom is 0.412 e. The average molecular weight is 278 g/mol. The minimum Gasteiger partial charge on any atom is -0.508 e. The van der Waals surface area contributed by atoms with Gasteiger partial charge in [0.15, 0.2) is 0 Å². The fourth-order valence-electron chi connectivity index (χ4n) is 1.55. The van der Waals surface area contributed by atoms with Crippen LogP contribution in [0.1, 0.15) is 38.9 Å². The molecule has 108 valence electrons. The van der Waals surface area contributed by atoms with E-state index in [4.69, 9.17) is 10.00 Å². The van der Waals surface area contributed by atoms with Crippen LogP contribution < -0.4 is 5.32 Å². The van der Waals surface area contributed by atoms with E-state index >= 15 is 0 Å². The highest BCUT2D eigenvalue weighted by Crippen LogP contribution is 2.29. The van der Waals surface area contributed by atoms with E-state index in [0.29, 0.717) is 5.69 Å². The van der Waals surface area contributed by atoms with E-state index in [2.05, 4.69) is 5.32 Å². The maximum atomic E-state index is 11.7. The number of carbonyl (C=O) groups is 1. The van der Waals surface area contributed by atoms with Crippen LogP contribution in [0.5, 0.6) is 5.75 Å². The molecular formula is C14H18N2O4. The number of rotatable bonds is 3. The molecule has 1 rings (SSSR count). The Bertz CT molecular complexity index is 529. The van der Waals surface area contributed by atoms with Crippen LogP contribution in [0, 0.1) is 11.3 Å². The Balaban J connectivity index is 2.95. The van der Waals surface area contributed by atoms with Crippen molar-refractivity contribution < 1.29 is 19.7 Å². The van der Waals surface area contributed by atoms with Crippen LogP contribution in [0.4, 0.5) is 10.5 Å². The van der Waals surface area contributed by atoms with Crippen molar-refractivity contribution >= 4 is 11.8 Å².